The zero-order valence-corrected chi connectivity index (χ0v) is 25.7. The molecule has 7 nitrogen and oxygen atoms in total. The maximum absolute atomic E-state index is 12.9. The quantitative estimate of drug-likeness (QED) is 0.387. The molecule has 38 heavy (non-hydrogen) atoms. The Morgan fingerprint density at radius 3 is 1.95 bits per heavy atom. The van der Waals surface area contributed by atoms with Gasteiger partial charge in [-0.2, -0.15) is 0 Å². The number of carbonyl (C=O) groups excluding carboxylic acids is 2. The van der Waals surface area contributed by atoms with Crippen LogP contribution in [0.5, 0.6) is 0 Å². The van der Waals surface area contributed by atoms with Crippen LogP contribution >= 0.6 is 0 Å². The minimum Gasteiger partial charge on any atom is -0.459 e. The molecule has 0 aromatic heterocycles. The van der Waals surface area contributed by atoms with Crippen molar-refractivity contribution in [2.24, 2.45) is 38.9 Å². The van der Waals surface area contributed by atoms with Crippen LogP contribution in [0.15, 0.2) is 11.1 Å². The normalized spacial score (nSPS) is 45.9. The molecule has 2 N–H and O–H groups in total. The van der Waals surface area contributed by atoms with E-state index in [1.54, 1.807) is 0 Å². The van der Waals surface area contributed by atoms with Crippen LogP contribution in [0, 0.1) is 38.9 Å². The average Bonchev–Trinajstić information content (AvgIpc) is 2.72. The highest BCUT2D eigenvalue weighted by Gasteiger charge is 2.83. The largest absolute Gasteiger partial charge is 0.459 e. The van der Waals surface area contributed by atoms with Crippen molar-refractivity contribution in [3.05, 3.63) is 11.1 Å². The first kappa shape index (κ1) is 29.5. The Labute approximate surface area is 228 Å². The van der Waals surface area contributed by atoms with E-state index in [0.29, 0.717) is 0 Å². The third-order valence-corrected chi connectivity index (χ3v) is 13.1. The molecule has 2 saturated carbocycles. The topological polar surface area (TPSA) is 102 Å². The minimum atomic E-state index is -1.63. The van der Waals surface area contributed by atoms with Gasteiger partial charge in [-0.25, -0.2) is 0 Å². The zero-order chi connectivity index (χ0) is 29.2. The fraction of sp³-hybridized carbons (Fsp3) is 0.871. The van der Waals surface area contributed by atoms with Gasteiger partial charge in [-0.05, 0) is 34.7 Å². The fourth-order valence-electron chi connectivity index (χ4n) is 9.85. The van der Waals surface area contributed by atoms with Gasteiger partial charge in [-0.1, -0.05) is 74.8 Å². The van der Waals surface area contributed by atoms with E-state index in [4.69, 9.17) is 14.2 Å². The van der Waals surface area contributed by atoms with Crippen LogP contribution in [0.4, 0.5) is 0 Å². The van der Waals surface area contributed by atoms with E-state index in [-0.39, 0.29) is 18.9 Å². The Morgan fingerprint density at radius 1 is 0.947 bits per heavy atom. The van der Waals surface area contributed by atoms with Crippen molar-refractivity contribution in [1.82, 2.24) is 0 Å². The second-order valence-corrected chi connectivity index (χ2v) is 15.1. The van der Waals surface area contributed by atoms with Crippen molar-refractivity contribution in [2.75, 3.05) is 6.61 Å². The van der Waals surface area contributed by atoms with Crippen molar-refractivity contribution < 1.29 is 34.0 Å². The van der Waals surface area contributed by atoms with Crippen molar-refractivity contribution >= 4 is 11.9 Å². The van der Waals surface area contributed by atoms with E-state index in [2.05, 4.69) is 55.4 Å². The molecular formula is C31H50O7. The van der Waals surface area contributed by atoms with Crippen molar-refractivity contribution in [2.45, 2.75) is 126 Å². The van der Waals surface area contributed by atoms with E-state index in [1.165, 1.54) is 13.8 Å². The van der Waals surface area contributed by atoms with Crippen LogP contribution < -0.4 is 0 Å². The van der Waals surface area contributed by atoms with Crippen molar-refractivity contribution in [3.8, 4) is 0 Å². The highest BCUT2D eigenvalue weighted by molar-refractivity contribution is 5.68. The first-order valence-electron chi connectivity index (χ1n) is 14.1. The van der Waals surface area contributed by atoms with Crippen LogP contribution in [0.25, 0.3) is 0 Å². The molecule has 1 aliphatic heterocycles. The Hall–Kier alpha value is -1.44. The Bertz CT molecular complexity index is 1080. The van der Waals surface area contributed by atoms with E-state index < -0.39 is 74.4 Å². The summed E-state index contributed by atoms with van der Waals surface area (Å²) < 4.78 is 18.9. The number of esters is 2. The molecule has 0 spiro atoms. The molecule has 1 saturated heterocycles. The third kappa shape index (κ3) is 3.07. The predicted octanol–water partition coefficient (Wildman–Crippen LogP) is 4.82. The summed E-state index contributed by atoms with van der Waals surface area (Å²) in [6.45, 7) is 26.6. The summed E-state index contributed by atoms with van der Waals surface area (Å²) in [6, 6.07) is 0. The number of aliphatic hydroxyl groups is 2. The first-order valence-corrected chi connectivity index (χ1v) is 14.1. The second-order valence-electron chi connectivity index (χ2n) is 15.1. The lowest BCUT2D eigenvalue weighted by atomic mass is 9.29. The molecular weight excluding hydrogens is 484 g/mol. The molecule has 4 rings (SSSR count). The molecule has 8 atom stereocenters. The van der Waals surface area contributed by atoms with Crippen LogP contribution in [0.1, 0.15) is 96.4 Å². The predicted molar refractivity (Wildman–Crippen MR) is 144 cm³/mol. The smallest absolute Gasteiger partial charge is 0.303 e. The SMILES string of the molecule is CC(=O)OC1C2[C@](C)(C(C)(C)[C@H](C)C3=C(C)C(O)C[C@]1(O)C3(C)C)C(C)(C)C(C)(C)[C@H]1OC[C@@]21OC(C)=O. The van der Waals surface area contributed by atoms with Gasteiger partial charge in [-0.15, -0.1) is 0 Å². The molecule has 0 aromatic carbocycles. The summed E-state index contributed by atoms with van der Waals surface area (Å²) in [5, 5.41) is 24.3. The lowest BCUT2D eigenvalue weighted by molar-refractivity contribution is -0.410. The molecule has 0 aromatic rings. The molecule has 1 heterocycles. The highest BCUT2D eigenvalue weighted by atomic mass is 16.6. The summed E-state index contributed by atoms with van der Waals surface area (Å²) in [4.78, 5) is 25.6. The van der Waals surface area contributed by atoms with Gasteiger partial charge in [-0.3, -0.25) is 9.59 Å². The van der Waals surface area contributed by atoms with E-state index in [0.717, 1.165) is 11.1 Å². The standard InChI is InChI=1S/C31H50O7/c1-16-20(34)14-31(35)23(37-18(3)32)22-29(13,25(5,6)17(2)21(16)26(31,7)8)28(11,12)27(9,10)24-30(22,15-36-24)38-19(4)33/h17,20,22-24,34-35H,14-15H2,1-13H3/t17-,20?,22?,23?,24-,29-,30-,31-/m1/s1. The number of hydrogen-bond acceptors (Lipinski definition) is 7. The molecule has 3 aliphatic carbocycles. The van der Waals surface area contributed by atoms with Gasteiger partial charge in [0.05, 0.1) is 18.6 Å². The number of hydrogen-bond donors (Lipinski definition) is 2. The van der Waals surface area contributed by atoms with Gasteiger partial charge in [0.1, 0.15) is 17.8 Å². The van der Waals surface area contributed by atoms with Crippen LogP contribution in [-0.4, -0.2) is 58.3 Å². The monoisotopic (exact) mass is 534 g/mol. The van der Waals surface area contributed by atoms with Gasteiger partial charge in [0.2, 0.25) is 0 Å². The lowest BCUT2D eigenvalue weighted by Gasteiger charge is -2.79. The first-order chi connectivity index (χ1) is 17.0. The van der Waals surface area contributed by atoms with Crippen LogP contribution in [0.3, 0.4) is 0 Å². The molecule has 0 radical (unpaired) electrons. The van der Waals surface area contributed by atoms with Gasteiger partial charge in [0.15, 0.2) is 5.60 Å². The van der Waals surface area contributed by atoms with Crippen molar-refractivity contribution in [1.29, 1.82) is 0 Å². The Morgan fingerprint density at radius 2 is 1.50 bits per heavy atom. The summed E-state index contributed by atoms with van der Waals surface area (Å²) in [7, 11) is 0. The molecule has 7 heteroatoms. The maximum atomic E-state index is 12.9. The summed E-state index contributed by atoms with van der Waals surface area (Å²) in [6.07, 6.45) is -2.41. The van der Waals surface area contributed by atoms with Gasteiger partial charge >= 0.3 is 11.9 Å². The molecule has 3 unspecified atom stereocenters. The van der Waals surface area contributed by atoms with E-state index >= 15 is 0 Å². The third-order valence-electron chi connectivity index (χ3n) is 13.1. The number of rotatable bonds is 2. The summed E-state index contributed by atoms with van der Waals surface area (Å²) >= 11 is 0. The minimum absolute atomic E-state index is 0.0124. The number of carbonyl (C=O) groups is 2. The molecule has 4 aliphatic rings. The van der Waals surface area contributed by atoms with Gasteiger partial charge in [0, 0.05) is 31.1 Å². The van der Waals surface area contributed by atoms with Gasteiger partial charge < -0.3 is 24.4 Å². The zero-order valence-electron chi connectivity index (χ0n) is 25.7. The fourth-order valence-corrected chi connectivity index (χ4v) is 9.85. The molecule has 2 bridgehead atoms. The number of fused-ring (bicyclic) bond motifs is 5. The van der Waals surface area contributed by atoms with E-state index in [9.17, 15) is 19.8 Å². The summed E-state index contributed by atoms with van der Waals surface area (Å²) in [5.41, 5.74) is -3.71. The number of aliphatic hydroxyl groups excluding tert-OH is 1. The Balaban J connectivity index is 2.22. The Kier molecular flexibility index (Phi) is 6.27. The van der Waals surface area contributed by atoms with Crippen LogP contribution in [0.2, 0.25) is 0 Å². The van der Waals surface area contributed by atoms with Crippen molar-refractivity contribution in [3.63, 3.8) is 0 Å². The van der Waals surface area contributed by atoms with Gasteiger partial charge in [0.25, 0.3) is 0 Å². The van der Waals surface area contributed by atoms with E-state index in [1.807, 2.05) is 20.8 Å². The lowest BCUT2D eigenvalue weighted by Crippen LogP contribution is -2.86. The maximum Gasteiger partial charge on any atom is 0.303 e. The molecule has 0 amide bonds. The number of ether oxygens (including phenoxy) is 3. The van der Waals surface area contributed by atoms with Crippen LogP contribution in [-0.2, 0) is 23.8 Å². The average molecular weight is 535 g/mol. The second kappa shape index (κ2) is 8.07. The highest BCUT2D eigenvalue weighted by Crippen LogP contribution is 2.78. The molecule has 216 valence electrons. The molecule has 3 fully saturated rings. The summed E-state index contributed by atoms with van der Waals surface area (Å²) in [5.74, 6) is -1.63.